The van der Waals surface area contributed by atoms with E-state index in [-0.39, 0.29) is 21.1 Å². The fourth-order valence-electron chi connectivity index (χ4n) is 10.3. The van der Waals surface area contributed by atoms with E-state index in [1.807, 2.05) is 24.3 Å². The van der Waals surface area contributed by atoms with Gasteiger partial charge in [0.1, 0.15) is 0 Å². The van der Waals surface area contributed by atoms with Crippen molar-refractivity contribution in [3.8, 4) is 22.9 Å². The monoisotopic (exact) mass is 1080 g/mol. The number of rotatable bonds is 4. The molecule has 0 unspecified atom stereocenters. The molecule has 0 radical (unpaired) electrons. The summed E-state index contributed by atoms with van der Waals surface area (Å²) >= 11 is 0. The van der Waals surface area contributed by atoms with Gasteiger partial charge >= 0.3 is 21.1 Å². The van der Waals surface area contributed by atoms with Gasteiger partial charge < -0.3 is 13.9 Å². The Balaban J connectivity index is 0.00000480. The van der Waals surface area contributed by atoms with Crippen LogP contribution in [0.1, 0.15) is 0 Å². The molecule has 8 heteroatoms. The zero-order chi connectivity index (χ0) is 45.4. The zero-order valence-corrected chi connectivity index (χ0v) is 39.6. The molecular formula is C62H38N6OPt. The minimum absolute atomic E-state index is 0. The van der Waals surface area contributed by atoms with Crippen LogP contribution in [0.15, 0.2) is 231 Å². The van der Waals surface area contributed by atoms with Gasteiger partial charge in [-0.25, -0.2) is 9.97 Å². The van der Waals surface area contributed by atoms with Crippen molar-refractivity contribution in [3.05, 3.63) is 243 Å². The molecule has 0 aliphatic heterocycles. The number of imidazole rings is 2. The fourth-order valence-corrected chi connectivity index (χ4v) is 10.3. The summed E-state index contributed by atoms with van der Waals surface area (Å²) in [5, 5.41) is 8.93. The third-order valence-corrected chi connectivity index (χ3v) is 13.3. The molecule has 14 aromatic rings. The van der Waals surface area contributed by atoms with E-state index in [1.54, 1.807) is 0 Å². The van der Waals surface area contributed by atoms with Crippen LogP contribution in [0.2, 0.25) is 0 Å². The van der Waals surface area contributed by atoms with E-state index in [4.69, 9.17) is 14.7 Å². The Kier molecular flexibility index (Phi) is 9.93. The SMILES string of the molecule is [Pt+2].[c-]1c(Oc2[c-]c(-n3c4ccccc4n4c5ccccc5c5ccccc5c5ccccc5nc34)ccc2)cccc1-n1c2ccccc2n2c3ccccc3c3ccccc3c3ccccc3nc12. The summed E-state index contributed by atoms with van der Waals surface area (Å²) in [5.41, 5.74) is 9.39. The minimum Gasteiger partial charge on any atom is -0.509 e. The van der Waals surface area contributed by atoms with E-state index in [9.17, 15) is 0 Å². The molecule has 0 amide bonds. The standard InChI is InChI=1S/C62H38N6O.Pt/c1-3-25-47-45(23-1)49-27-5-9-31-53(49)63-61-65(57-35-13-15-37-59(57)67(61)55-33-11-7-29-51(47)55)41-19-17-21-43(39-41)69-44-22-18-20-42(40-44)66-58-36-14-16-38-60(58)68-56-34-12-8-30-52(56)48-26-4-2-24-46(48)50-28-6-10-32-54(50)64-62(66)68;/h1-38H;/q-2;+2. The van der Waals surface area contributed by atoms with Crippen molar-refractivity contribution in [3.63, 3.8) is 0 Å². The molecule has 0 aliphatic rings. The van der Waals surface area contributed by atoms with Gasteiger partial charge in [-0.2, -0.15) is 12.1 Å². The van der Waals surface area contributed by atoms with E-state index in [0.717, 1.165) is 110 Å². The van der Waals surface area contributed by atoms with Crippen LogP contribution >= 0.6 is 0 Å². The molecule has 10 aromatic carbocycles. The van der Waals surface area contributed by atoms with Crippen LogP contribution in [0, 0.1) is 12.1 Å². The number of ether oxygens (including phenoxy) is 1. The molecule has 0 fully saturated rings. The van der Waals surface area contributed by atoms with E-state index >= 15 is 0 Å². The first kappa shape index (κ1) is 41.4. The summed E-state index contributed by atoms with van der Waals surface area (Å²) in [4.78, 5) is 11.1. The normalized spacial score (nSPS) is 11.6. The minimum atomic E-state index is 0. The van der Waals surface area contributed by atoms with Gasteiger partial charge in [0.2, 0.25) is 11.6 Å². The van der Waals surface area contributed by atoms with Crippen molar-refractivity contribution >= 4 is 98.8 Å². The fraction of sp³-hybridized carbons (Fsp3) is 0. The average molecular weight is 1080 g/mol. The average Bonchev–Trinajstić information content (AvgIpc) is 3.93. The van der Waals surface area contributed by atoms with Crippen molar-refractivity contribution in [2.24, 2.45) is 0 Å². The molecular weight excluding hydrogens is 1040 g/mol. The van der Waals surface area contributed by atoms with Crippen LogP contribution in [-0.4, -0.2) is 27.9 Å². The van der Waals surface area contributed by atoms with Crippen LogP contribution < -0.4 is 4.74 Å². The van der Waals surface area contributed by atoms with Gasteiger partial charge in [-0.1, -0.05) is 157 Å². The predicted octanol–water partition coefficient (Wildman–Crippen LogP) is 15.4. The third kappa shape index (κ3) is 6.54. The van der Waals surface area contributed by atoms with Gasteiger partial charge in [0.25, 0.3) is 0 Å². The Labute approximate surface area is 415 Å². The summed E-state index contributed by atoms with van der Waals surface area (Å²) in [6.07, 6.45) is 0. The van der Waals surface area contributed by atoms with Gasteiger partial charge in [-0.05, 0) is 70.1 Å². The smallest absolute Gasteiger partial charge is 0.509 e. The first-order chi connectivity index (χ1) is 34.2. The van der Waals surface area contributed by atoms with Crippen LogP contribution in [0.3, 0.4) is 0 Å². The second-order valence-corrected chi connectivity index (χ2v) is 17.2. The van der Waals surface area contributed by atoms with E-state index in [1.165, 1.54) is 0 Å². The second kappa shape index (κ2) is 16.8. The molecule has 0 atom stereocenters. The number of hydrogen-bond donors (Lipinski definition) is 0. The number of fused-ring (bicyclic) bond motifs is 18. The van der Waals surface area contributed by atoms with Gasteiger partial charge in [0.15, 0.2) is 0 Å². The number of nitrogens with zero attached hydrogens (tertiary/aromatic N) is 6. The van der Waals surface area contributed by atoms with E-state index in [0.29, 0.717) is 11.5 Å². The summed E-state index contributed by atoms with van der Waals surface area (Å²) < 4.78 is 15.7. The maximum absolute atomic E-state index is 6.79. The molecule has 0 N–H and O–H groups in total. The quantitative estimate of drug-likeness (QED) is 0.165. The maximum atomic E-state index is 6.79. The molecule has 7 nitrogen and oxygen atoms in total. The van der Waals surface area contributed by atoms with Gasteiger partial charge in [-0.15, -0.1) is 36.4 Å². The van der Waals surface area contributed by atoms with Crippen LogP contribution in [0.5, 0.6) is 11.5 Å². The molecule has 0 aliphatic carbocycles. The number of benzene rings is 10. The van der Waals surface area contributed by atoms with Crippen molar-refractivity contribution in [1.82, 2.24) is 27.9 Å². The predicted molar refractivity (Wildman–Crippen MR) is 282 cm³/mol. The second-order valence-electron chi connectivity index (χ2n) is 17.2. The summed E-state index contributed by atoms with van der Waals surface area (Å²) in [7, 11) is 0. The van der Waals surface area contributed by atoms with Crippen molar-refractivity contribution in [2.75, 3.05) is 0 Å². The molecule has 4 aromatic heterocycles. The molecule has 4 heterocycles. The summed E-state index contributed by atoms with van der Waals surface area (Å²) in [6, 6.07) is 87.5. The molecule has 0 saturated carbocycles. The number of hydrogen-bond acceptors (Lipinski definition) is 3. The van der Waals surface area contributed by atoms with E-state index in [2.05, 4.69) is 236 Å². The third-order valence-electron chi connectivity index (χ3n) is 13.3. The van der Waals surface area contributed by atoms with Crippen LogP contribution in [0.25, 0.3) is 110 Å². The largest absolute Gasteiger partial charge is 2.00 e. The van der Waals surface area contributed by atoms with Crippen molar-refractivity contribution in [2.45, 2.75) is 0 Å². The van der Waals surface area contributed by atoms with Crippen LogP contribution in [0.4, 0.5) is 0 Å². The molecule has 0 bridgehead atoms. The first-order valence-corrected chi connectivity index (χ1v) is 23.1. The van der Waals surface area contributed by atoms with Gasteiger partial charge in [-0.3, -0.25) is 8.80 Å². The number of aromatic nitrogens is 6. The van der Waals surface area contributed by atoms with Crippen molar-refractivity contribution < 1.29 is 25.8 Å². The Morgan fingerprint density at radius 2 is 0.600 bits per heavy atom. The van der Waals surface area contributed by atoms with Crippen LogP contribution in [-0.2, 0) is 21.1 Å². The van der Waals surface area contributed by atoms with Gasteiger partial charge in [0.05, 0.1) is 44.1 Å². The van der Waals surface area contributed by atoms with E-state index < -0.39 is 0 Å². The molecule has 0 spiro atoms. The molecule has 14 rings (SSSR count). The Morgan fingerprint density at radius 3 is 1.01 bits per heavy atom. The molecule has 70 heavy (non-hydrogen) atoms. The van der Waals surface area contributed by atoms with Gasteiger partial charge in [0, 0.05) is 33.0 Å². The Bertz CT molecular complexity index is 4270. The maximum Gasteiger partial charge on any atom is 2.00 e. The summed E-state index contributed by atoms with van der Waals surface area (Å²) in [5.74, 6) is 2.56. The Morgan fingerprint density at radius 1 is 0.286 bits per heavy atom. The molecule has 0 saturated heterocycles. The Hall–Kier alpha value is -8.77. The topological polar surface area (TPSA) is 53.7 Å². The first-order valence-electron chi connectivity index (χ1n) is 23.1. The summed E-state index contributed by atoms with van der Waals surface area (Å²) in [6.45, 7) is 0. The molecule has 332 valence electrons. The number of para-hydroxylation sites is 8. The zero-order valence-electron chi connectivity index (χ0n) is 37.3. The van der Waals surface area contributed by atoms with Crippen molar-refractivity contribution in [1.29, 1.82) is 0 Å².